The van der Waals surface area contributed by atoms with Crippen LogP contribution in [0.25, 0.3) is 0 Å². The highest BCUT2D eigenvalue weighted by molar-refractivity contribution is 5.96. The van der Waals surface area contributed by atoms with Crippen LogP contribution in [0.5, 0.6) is 0 Å². The van der Waals surface area contributed by atoms with Gasteiger partial charge in [0, 0.05) is 24.9 Å². The molecule has 1 heterocycles. The molecule has 4 heteroatoms. The number of benzene rings is 2. The summed E-state index contributed by atoms with van der Waals surface area (Å²) in [5.74, 6) is 0.112. The van der Waals surface area contributed by atoms with Gasteiger partial charge in [-0.1, -0.05) is 48.5 Å². The molecule has 2 aromatic carbocycles. The summed E-state index contributed by atoms with van der Waals surface area (Å²) < 4.78 is 0. The molecule has 0 fully saturated rings. The first-order valence-electron chi connectivity index (χ1n) is 8.45. The number of amides is 1. The summed E-state index contributed by atoms with van der Waals surface area (Å²) in [4.78, 5) is 16.7. The molecule has 0 aliphatic carbocycles. The van der Waals surface area contributed by atoms with E-state index in [9.17, 15) is 9.90 Å². The number of para-hydroxylation sites is 1. The number of hydrogen-bond acceptors (Lipinski definition) is 3. The van der Waals surface area contributed by atoms with E-state index in [0.717, 1.165) is 24.2 Å². The van der Waals surface area contributed by atoms with Crippen molar-refractivity contribution in [2.24, 2.45) is 0 Å². The van der Waals surface area contributed by atoms with Crippen molar-refractivity contribution in [3.8, 4) is 0 Å². The van der Waals surface area contributed by atoms with Gasteiger partial charge < -0.3 is 10.0 Å². The van der Waals surface area contributed by atoms with E-state index < -0.39 is 0 Å². The fraction of sp³-hybridized carbons (Fsp3) is 0.350. The molecule has 0 bridgehead atoms. The molecule has 0 aromatic heterocycles. The van der Waals surface area contributed by atoms with Gasteiger partial charge in [0.05, 0.1) is 6.54 Å². The molecule has 1 aliphatic heterocycles. The standard InChI is InChI=1S/C20H24N2O2/c1-21(18(12-14-23)16-7-3-2-4-8-16)15-20(24)22-13-11-17-9-5-6-10-19(17)22/h2-10,18,23H,11-15H2,1H3. The van der Waals surface area contributed by atoms with Crippen molar-refractivity contribution in [2.45, 2.75) is 18.9 Å². The van der Waals surface area contributed by atoms with Crippen LogP contribution < -0.4 is 4.90 Å². The van der Waals surface area contributed by atoms with Crippen LogP contribution in [0.4, 0.5) is 5.69 Å². The number of nitrogens with zero attached hydrogens (tertiary/aromatic N) is 2. The predicted octanol–water partition coefficient (Wildman–Crippen LogP) is 2.63. The van der Waals surface area contributed by atoms with E-state index in [0.29, 0.717) is 13.0 Å². The smallest absolute Gasteiger partial charge is 0.241 e. The van der Waals surface area contributed by atoms with E-state index >= 15 is 0 Å². The molecule has 24 heavy (non-hydrogen) atoms. The van der Waals surface area contributed by atoms with Crippen molar-refractivity contribution < 1.29 is 9.90 Å². The zero-order valence-corrected chi connectivity index (χ0v) is 14.1. The fourth-order valence-electron chi connectivity index (χ4n) is 3.45. The van der Waals surface area contributed by atoms with Gasteiger partial charge in [0.15, 0.2) is 0 Å². The number of likely N-dealkylation sites (N-methyl/N-ethyl adjacent to an activating group) is 1. The molecule has 2 aromatic rings. The minimum Gasteiger partial charge on any atom is -0.396 e. The van der Waals surface area contributed by atoms with Gasteiger partial charge in [-0.25, -0.2) is 0 Å². The Balaban J connectivity index is 1.71. The number of anilines is 1. The number of carbonyl (C=O) groups excluding carboxylic acids is 1. The topological polar surface area (TPSA) is 43.8 Å². The van der Waals surface area contributed by atoms with Crippen LogP contribution >= 0.6 is 0 Å². The fourth-order valence-corrected chi connectivity index (χ4v) is 3.45. The van der Waals surface area contributed by atoms with Crippen molar-refractivity contribution in [3.05, 3.63) is 65.7 Å². The second kappa shape index (κ2) is 7.60. The van der Waals surface area contributed by atoms with Gasteiger partial charge in [0.2, 0.25) is 5.91 Å². The van der Waals surface area contributed by atoms with Gasteiger partial charge in [-0.3, -0.25) is 9.69 Å². The number of aliphatic hydroxyl groups excluding tert-OH is 1. The average Bonchev–Trinajstić information content (AvgIpc) is 3.04. The lowest BCUT2D eigenvalue weighted by Crippen LogP contribution is -2.39. The summed E-state index contributed by atoms with van der Waals surface area (Å²) in [5, 5.41) is 9.40. The predicted molar refractivity (Wildman–Crippen MR) is 96.0 cm³/mol. The Morgan fingerprint density at radius 3 is 2.62 bits per heavy atom. The quantitative estimate of drug-likeness (QED) is 0.888. The molecule has 0 spiro atoms. The first kappa shape index (κ1) is 16.7. The maximum absolute atomic E-state index is 12.8. The Morgan fingerprint density at radius 2 is 1.88 bits per heavy atom. The molecule has 1 N–H and O–H groups in total. The minimum atomic E-state index is 0.0398. The molecule has 1 amide bonds. The highest BCUT2D eigenvalue weighted by Gasteiger charge is 2.26. The van der Waals surface area contributed by atoms with Crippen molar-refractivity contribution in [2.75, 3.05) is 31.6 Å². The maximum Gasteiger partial charge on any atom is 0.241 e. The van der Waals surface area contributed by atoms with E-state index in [1.807, 2.05) is 65.4 Å². The molecule has 4 nitrogen and oxygen atoms in total. The number of rotatable bonds is 6. The van der Waals surface area contributed by atoms with Crippen molar-refractivity contribution in [1.29, 1.82) is 0 Å². The molecule has 0 radical (unpaired) electrons. The van der Waals surface area contributed by atoms with Crippen molar-refractivity contribution in [3.63, 3.8) is 0 Å². The summed E-state index contributed by atoms with van der Waals surface area (Å²) in [6, 6.07) is 18.2. The van der Waals surface area contributed by atoms with Gasteiger partial charge >= 0.3 is 0 Å². The lowest BCUT2D eigenvalue weighted by atomic mass is 10.0. The molecular weight excluding hydrogens is 300 g/mol. The van der Waals surface area contributed by atoms with E-state index in [4.69, 9.17) is 0 Å². The Labute approximate surface area is 143 Å². The second-order valence-corrected chi connectivity index (χ2v) is 6.28. The van der Waals surface area contributed by atoms with Gasteiger partial charge in [0.25, 0.3) is 0 Å². The number of hydrogen-bond donors (Lipinski definition) is 1. The Kier molecular flexibility index (Phi) is 5.28. The molecule has 0 saturated carbocycles. The van der Waals surface area contributed by atoms with E-state index in [2.05, 4.69) is 6.07 Å². The van der Waals surface area contributed by atoms with Crippen LogP contribution in [0.1, 0.15) is 23.6 Å². The summed E-state index contributed by atoms with van der Waals surface area (Å²) in [7, 11) is 1.95. The second-order valence-electron chi connectivity index (χ2n) is 6.28. The van der Waals surface area contributed by atoms with Crippen LogP contribution in [0.15, 0.2) is 54.6 Å². The zero-order valence-electron chi connectivity index (χ0n) is 14.1. The lowest BCUT2D eigenvalue weighted by molar-refractivity contribution is -0.119. The Bertz CT molecular complexity index is 687. The van der Waals surface area contributed by atoms with Crippen LogP contribution in [0.2, 0.25) is 0 Å². The summed E-state index contributed by atoms with van der Waals surface area (Å²) in [6.07, 6.45) is 1.54. The van der Waals surface area contributed by atoms with Gasteiger partial charge in [-0.2, -0.15) is 0 Å². The third kappa shape index (κ3) is 3.50. The average molecular weight is 324 g/mol. The third-order valence-corrected chi connectivity index (χ3v) is 4.69. The zero-order chi connectivity index (χ0) is 16.9. The highest BCUT2D eigenvalue weighted by atomic mass is 16.3. The minimum absolute atomic E-state index is 0.0398. The number of aliphatic hydroxyl groups is 1. The van der Waals surface area contributed by atoms with Gasteiger partial charge in [-0.15, -0.1) is 0 Å². The van der Waals surface area contributed by atoms with Crippen LogP contribution in [-0.2, 0) is 11.2 Å². The highest BCUT2D eigenvalue weighted by Crippen LogP contribution is 2.28. The Morgan fingerprint density at radius 1 is 1.17 bits per heavy atom. The first-order valence-corrected chi connectivity index (χ1v) is 8.45. The van der Waals surface area contributed by atoms with Crippen LogP contribution in [0, 0.1) is 0 Å². The molecule has 1 unspecified atom stereocenters. The molecule has 0 saturated heterocycles. The van der Waals surface area contributed by atoms with E-state index in [1.165, 1.54) is 5.56 Å². The SMILES string of the molecule is CN(CC(=O)N1CCc2ccccc21)C(CCO)c1ccccc1. The molecule has 1 atom stereocenters. The largest absolute Gasteiger partial charge is 0.396 e. The van der Waals surface area contributed by atoms with Crippen LogP contribution in [0.3, 0.4) is 0 Å². The molecule has 126 valence electrons. The monoisotopic (exact) mass is 324 g/mol. The lowest BCUT2D eigenvalue weighted by Gasteiger charge is -2.29. The van der Waals surface area contributed by atoms with Gasteiger partial charge in [-0.05, 0) is 37.1 Å². The van der Waals surface area contributed by atoms with Gasteiger partial charge in [0.1, 0.15) is 0 Å². The normalized spacial score (nSPS) is 14.7. The number of carbonyl (C=O) groups is 1. The first-order chi connectivity index (χ1) is 11.7. The van der Waals surface area contributed by atoms with E-state index in [-0.39, 0.29) is 18.6 Å². The summed E-state index contributed by atoms with van der Waals surface area (Å²) in [5.41, 5.74) is 3.40. The van der Waals surface area contributed by atoms with Crippen LogP contribution in [-0.4, -0.2) is 42.7 Å². The summed E-state index contributed by atoms with van der Waals surface area (Å²) >= 11 is 0. The summed E-state index contributed by atoms with van der Waals surface area (Å²) in [6.45, 7) is 1.19. The van der Waals surface area contributed by atoms with Crippen molar-refractivity contribution in [1.82, 2.24) is 4.90 Å². The van der Waals surface area contributed by atoms with Crippen molar-refractivity contribution >= 4 is 11.6 Å². The number of fused-ring (bicyclic) bond motifs is 1. The third-order valence-electron chi connectivity index (χ3n) is 4.69. The molecule has 3 rings (SSSR count). The molecule has 1 aliphatic rings. The molecular formula is C20H24N2O2. The maximum atomic E-state index is 12.8. The Hall–Kier alpha value is -2.17. The van der Waals surface area contributed by atoms with E-state index in [1.54, 1.807) is 0 Å².